The summed E-state index contributed by atoms with van der Waals surface area (Å²) in [4.78, 5) is 14.1. The molecule has 1 atom stereocenters. The van der Waals surface area contributed by atoms with Crippen LogP contribution in [0.3, 0.4) is 0 Å². The van der Waals surface area contributed by atoms with E-state index < -0.39 is 5.54 Å². The lowest BCUT2D eigenvalue weighted by molar-refractivity contribution is -0.149. The number of nitrogens with two attached hydrogens (primary N) is 1. The molecule has 1 rings (SSSR count). The average molecular weight is 270 g/mol. The Morgan fingerprint density at radius 2 is 1.95 bits per heavy atom. The third-order valence-electron chi connectivity index (χ3n) is 4.61. The van der Waals surface area contributed by atoms with Crippen LogP contribution in [0.4, 0.5) is 0 Å². The van der Waals surface area contributed by atoms with Gasteiger partial charge in [-0.15, -0.1) is 0 Å². The Kier molecular flexibility index (Phi) is 5.81. The second-order valence-corrected chi connectivity index (χ2v) is 6.39. The van der Waals surface area contributed by atoms with Crippen molar-refractivity contribution in [3.63, 3.8) is 0 Å². The summed E-state index contributed by atoms with van der Waals surface area (Å²) in [5.74, 6) is -0.287. The van der Waals surface area contributed by atoms with Gasteiger partial charge in [-0.25, -0.2) is 0 Å². The van der Waals surface area contributed by atoms with Gasteiger partial charge >= 0.3 is 5.97 Å². The maximum Gasteiger partial charge on any atom is 0.325 e. The Morgan fingerprint density at radius 1 is 1.37 bits per heavy atom. The van der Waals surface area contributed by atoms with Crippen LogP contribution in [0.15, 0.2) is 0 Å². The molecule has 1 aliphatic rings. The molecule has 4 heteroatoms. The van der Waals surface area contributed by atoms with Gasteiger partial charge in [-0.1, -0.05) is 20.3 Å². The summed E-state index contributed by atoms with van der Waals surface area (Å²) >= 11 is 0. The van der Waals surface area contributed by atoms with Gasteiger partial charge in [-0.2, -0.15) is 0 Å². The van der Waals surface area contributed by atoms with E-state index in [1.54, 1.807) is 6.92 Å². The first-order valence-corrected chi connectivity index (χ1v) is 7.51. The Morgan fingerprint density at radius 3 is 2.42 bits per heavy atom. The lowest BCUT2D eigenvalue weighted by atomic mass is 9.78. The predicted octanol–water partition coefficient (Wildman–Crippen LogP) is 2.17. The minimum Gasteiger partial charge on any atom is -0.465 e. The minimum absolute atomic E-state index is 0.287. The number of hydrogen-bond acceptors (Lipinski definition) is 4. The van der Waals surface area contributed by atoms with E-state index in [9.17, 15) is 4.79 Å². The van der Waals surface area contributed by atoms with Crippen LogP contribution in [-0.2, 0) is 9.53 Å². The van der Waals surface area contributed by atoms with Gasteiger partial charge in [0.05, 0.1) is 6.61 Å². The molecule has 0 spiro atoms. The van der Waals surface area contributed by atoms with E-state index in [0.717, 1.165) is 19.6 Å². The molecule has 0 aromatic rings. The monoisotopic (exact) mass is 270 g/mol. The van der Waals surface area contributed by atoms with Gasteiger partial charge in [0.25, 0.3) is 0 Å². The van der Waals surface area contributed by atoms with Crippen molar-refractivity contribution in [2.45, 2.75) is 58.9 Å². The molecule has 112 valence electrons. The molecule has 0 aromatic carbocycles. The quantitative estimate of drug-likeness (QED) is 0.752. The number of carbonyl (C=O) groups is 1. The molecule has 1 heterocycles. The molecule has 0 aliphatic carbocycles. The number of piperidine rings is 1. The second-order valence-electron chi connectivity index (χ2n) is 6.39. The van der Waals surface area contributed by atoms with Gasteiger partial charge in [-0.3, -0.25) is 4.79 Å². The lowest BCUT2D eigenvalue weighted by Gasteiger charge is -2.39. The molecular weight excluding hydrogens is 240 g/mol. The van der Waals surface area contributed by atoms with E-state index in [1.165, 1.54) is 19.3 Å². The van der Waals surface area contributed by atoms with Crippen LogP contribution in [0.5, 0.6) is 0 Å². The van der Waals surface area contributed by atoms with Crippen molar-refractivity contribution < 1.29 is 9.53 Å². The third kappa shape index (κ3) is 4.77. The zero-order valence-electron chi connectivity index (χ0n) is 13.0. The van der Waals surface area contributed by atoms with Crippen molar-refractivity contribution in [2.75, 3.05) is 26.2 Å². The summed E-state index contributed by atoms with van der Waals surface area (Å²) < 4.78 is 5.01. The first-order valence-electron chi connectivity index (χ1n) is 7.51. The van der Waals surface area contributed by atoms with Gasteiger partial charge in [-0.05, 0) is 51.6 Å². The zero-order valence-corrected chi connectivity index (χ0v) is 13.0. The van der Waals surface area contributed by atoms with Crippen LogP contribution in [0.2, 0.25) is 0 Å². The van der Waals surface area contributed by atoms with Crippen molar-refractivity contribution in [1.29, 1.82) is 0 Å². The minimum atomic E-state index is -0.860. The molecule has 4 nitrogen and oxygen atoms in total. The average Bonchev–Trinajstić information content (AvgIpc) is 2.38. The molecule has 0 bridgehead atoms. The van der Waals surface area contributed by atoms with Crippen LogP contribution in [-0.4, -0.2) is 42.6 Å². The number of ether oxygens (including phenoxy) is 1. The molecule has 1 aliphatic heterocycles. The Bertz CT molecular complexity index is 295. The van der Waals surface area contributed by atoms with Gasteiger partial charge in [0.1, 0.15) is 5.54 Å². The van der Waals surface area contributed by atoms with Gasteiger partial charge < -0.3 is 15.4 Å². The molecule has 2 N–H and O–H groups in total. The molecule has 1 fully saturated rings. The van der Waals surface area contributed by atoms with E-state index in [-0.39, 0.29) is 5.97 Å². The molecule has 0 amide bonds. The Balaban J connectivity index is 2.36. The topological polar surface area (TPSA) is 55.6 Å². The number of esters is 1. The van der Waals surface area contributed by atoms with Crippen LogP contribution >= 0.6 is 0 Å². The maximum atomic E-state index is 11.7. The van der Waals surface area contributed by atoms with Crippen LogP contribution < -0.4 is 5.73 Å². The number of nitrogens with zero attached hydrogens (tertiary/aromatic N) is 1. The van der Waals surface area contributed by atoms with Crippen molar-refractivity contribution in [1.82, 2.24) is 4.90 Å². The van der Waals surface area contributed by atoms with E-state index in [2.05, 4.69) is 18.7 Å². The number of hydrogen-bond donors (Lipinski definition) is 1. The normalized spacial score (nSPS) is 22.8. The van der Waals surface area contributed by atoms with Crippen molar-refractivity contribution in [3.05, 3.63) is 0 Å². The highest BCUT2D eigenvalue weighted by molar-refractivity contribution is 5.79. The zero-order chi connectivity index (χ0) is 14.5. The fourth-order valence-corrected chi connectivity index (χ4v) is 2.46. The van der Waals surface area contributed by atoms with Gasteiger partial charge in [0.2, 0.25) is 0 Å². The van der Waals surface area contributed by atoms with Crippen LogP contribution in [0, 0.1) is 5.41 Å². The molecular formula is C15H30N2O2. The summed E-state index contributed by atoms with van der Waals surface area (Å²) in [6.07, 6.45) is 4.39. The van der Waals surface area contributed by atoms with Gasteiger partial charge in [0, 0.05) is 6.54 Å². The molecule has 0 aromatic heterocycles. The van der Waals surface area contributed by atoms with Crippen molar-refractivity contribution in [3.8, 4) is 0 Å². The summed E-state index contributed by atoms with van der Waals surface area (Å²) in [5, 5.41) is 0. The summed E-state index contributed by atoms with van der Waals surface area (Å²) in [5.41, 5.74) is 5.69. The van der Waals surface area contributed by atoms with Gasteiger partial charge in [0.15, 0.2) is 0 Å². The standard InChI is InChI=1S/C15H30N2O2/c1-5-14(3)7-10-17(11-8-14)12-9-15(4,16)13(18)19-6-2/h5-12,16H2,1-4H3. The first-order chi connectivity index (χ1) is 8.83. The van der Waals surface area contributed by atoms with E-state index in [1.807, 2.05) is 6.92 Å². The third-order valence-corrected chi connectivity index (χ3v) is 4.61. The number of likely N-dealkylation sites (tertiary alicyclic amines) is 1. The van der Waals surface area contributed by atoms with Crippen LogP contribution in [0.25, 0.3) is 0 Å². The van der Waals surface area contributed by atoms with Crippen molar-refractivity contribution in [2.24, 2.45) is 11.1 Å². The maximum absolute atomic E-state index is 11.7. The van der Waals surface area contributed by atoms with E-state index in [4.69, 9.17) is 10.5 Å². The highest BCUT2D eigenvalue weighted by Crippen LogP contribution is 2.34. The number of carbonyl (C=O) groups excluding carboxylic acids is 1. The largest absolute Gasteiger partial charge is 0.465 e. The highest BCUT2D eigenvalue weighted by Gasteiger charge is 2.32. The predicted molar refractivity (Wildman–Crippen MR) is 77.9 cm³/mol. The molecule has 19 heavy (non-hydrogen) atoms. The molecule has 0 saturated carbocycles. The molecule has 1 unspecified atom stereocenters. The SMILES string of the molecule is CCOC(=O)C(C)(N)CCN1CCC(C)(CC)CC1. The number of rotatable bonds is 6. The molecule has 0 radical (unpaired) electrons. The van der Waals surface area contributed by atoms with E-state index in [0.29, 0.717) is 18.4 Å². The lowest BCUT2D eigenvalue weighted by Crippen LogP contribution is -2.49. The van der Waals surface area contributed by atoms with Crippen LogP contribution in [0.1, 0.15) is 53.4 Å². The first kappa shape index (κ1) is 16.4. The highest BCUT2D eigenvalue weighted by atomic mass is 16.5. The van der Waals surface area contributed by atoms with Crippen molar-refractivity contribution >= 4 is 5.97 Å². The Hall–Kier alpha value is -0.610. The smallest absolute Gasteiger partial charge is 0.325 e. The molecule has 1 saturated heterocycles. The fraction of sp³-hybridized carbons (Fsp3) is 0.933. The second kappa shape index (κ2) is 6.71. The summed E-state index contributed by atoms with van der Waals surface area (Å²) in [6.45, 7) is 11.7. The summed E-state index contributed by atoms with van der Waals surface area (Å²) in [6, 6.07) is 0. The summed E-state index contributed by atoms with van der Waals surface area (Å²) in [7, 11) is 0. The fourth-order valence-electron chi connectivity index (χ4n) is 2.46. The Labute approximate surface area is 117 Å². The van der Waals surface area contributed by atoms with E-state index >= 15 is 0 Å².